The van der Waals surface area contributed by atoms with E-state index in [4.69, 9.17) is 21.7 Å². The van der Waals surface area contributed by atoms with Crippen LogP contribution in [0, 0.1) is 0 Å². The minimum Gasteiger partial charge on any atom is -0.454 e. The molecule has 7 nitrogen and oxygen atoms in total. The molecule has 0 fully saturated rings. The highest BCUT2D eigenvalue weighted by Crippen LogP contribution is 2.34. The summed E-state index contributed by atoms with van der Waals surface area (Å²) in [5, 5.41) is 6.48. The van der Waals surface area contributed by atoms with Crippen molar-refractivity contribution in [2.24, 2.45) is 0 Å². The fraction of sp³-hybridized carbons (Fsp3) is 0.278. The molecule has 0 radical (unpaired) electrons. The molecular weight excluding hydrogens is 386 g/mol. The van der Waals surface area contributed by atoms with E-state index in [1.54, 1.807) is 36.4 Å². The zero-order valence-corrected chi connectivity index (χ0v) is 16.7. The van der Waals surface area contributed by atoms with Crippen molar-refractivity contribution < 1.29 is 17.9 Å². The Morgan fingerprint density at radius 1 is 1.00 bits per heavy atom. The third kappa shape index (κ3) is 4.32. The fourth-order valence-electron chi connectivity index (χ4n) is 2.69. The van der Waals surface area contributed by atoms with Crippen LogP contribution in [0.3, 0.4) is 0 Å². The third-order valence-corrected chi connectivity index (χ3v) is 6.35. The minimum atomic E-state index is -3.47. The number of nitrogens with zero attached hydrogens (tertiary/aromatic N) is 1. The van der Waals surface area contributed by atoms with E-state index in [-0.39, 0.29) is 11.7 Å². The van der Waals surface area contributed by atoms with Crippen molar-refractivity contribution in [1.29, 1.82) is 0 Å². The second-order valence-corrected chi connectivity index (χ2v) is 8.11. The van der Waals surface area contributed by atoms with Crippen molar-refractivity contribution in [2.75, 3.05) is 30.5 Å². The molecule has 0 atom stereocenters. The molecule has 0 saturated heterocycles. The molecular formula is C18H21N3O4S2. The molecule has 1 aliphatic rings. The summed E-state index contributed by atoms with van der Waals surface area (Å²) in [5.74, 6) is 1.36. The molecule has 0 bridgehead atoms. The normalized spacial score (nSPS) is 12.9. The van der Waals surface area contributed by atoms with Gasteiger partial charge in [-0.3, -0.25) is 0 Å². The number of hydrogen-bond donors (Lipinski definition) is 2. The quantitative estimate of drug-likeness (QED) is 0.712. The summed E-state index contributed by atoms with van der Waals surface area (Å²) >= 11 is 5.31. The lowest BCUT2D eigenvalue weighted by Crippen LogP contribution is -2.30. The van der Waals surface area contributed by atoms with Gasteiger partial charge in [-0.15, -0.1) is 0 Å². The van der Waals surface area contributed by atoms with E-state index < -0.39 is 10.0 Å². The van der Waals surface area contributed by atoms with Gasteiger partial charge in [-0.2, -0.15) is 4.31 Å². The van der Waals surface area contributed by atoms with Crippen molar-refractivity contribution in [3.05, 3.63) is 42.5 Å². The fourth-order valence-corrected chi connectivity index (χ4v) is 4.38. The standard InChI is InChI=1S/C18H21N3O4S2/c1-3-21(4-2)27(22,23)15-8-5-13(6-9-15)19-18(26)20-14-7-10-16-17(11-14)25-12-24-16/h5-11H,3-4,12H2,1-2H3,(H2,19,20,26). The Kier molecular flexibility index (Phi) is 5.83. The van der Waals surface area contributed by atoms with E-state index in [0.717, 1.165) is 5.69 Å². The summed E-state index contributed by atoms with van der Waals surface area (Å²) in [6.45, 7) is 4.71. The molecule has 1 aliphatic heterocycles. The second kappa shape index (κ2) is 8.12. The van der Waals surface area contributed by atoms with Gasteiger partial charge in [-0.05, 0) is 48.6 Å². The zero-order valence-electron chi connectivity index (χ0n) is 15.1. The number of ether oxygens (including phenoxy) is 2. The first-order valence-electron chi connectivity index (χ1n) is 8.52. The number of nitrogens with one attached hydrogen (secondary N) is 2. The van der Waals surface area contributed by atoms with Gasteiger partial charge < -0.3 is 20.1 Å². The van der Waals surface area contributed by atoms with Crippen LogP contribution in [0.25, 0.3) is 0 Å². The van der Waals surface area contributed by atoms with Gasteiger partial charge in [0, 0.05) is 30.5 Å². The molecule has 144 valence electrons. The molecule has 0 saturated carbocycles. The number of sulfonamides is 1. The van der Waals surface area contributed by atoms with Crippen molar-refractivity contribution in [2.45, 2.75) is 18.7 Å². The predicted molar refractivity (Wildman–Crippen MR) is 109 cm³/mol. The van der Waals surface area contributed by atoms with Gasteiger partial charge in [0.15, 0.2) is 16.6 Å². The van der Waals surface area contributed by atoms with Crippen LogP contribution in [0.1, 0.15) is 13.8 Å². The van der Waals surface area contributed by atoms with Gasteiger partial charge in [-0.25, -0.2) is 8.42 Å². The third-order valence-electron chi connectivity index (χ3n) is 4.09. The topological polar surface area (TPSA) is 79.9 Å². The molecule has 9 heteroatoms. The van der Waals surface area contributed by atoms with E-state index in [1.165, 1.54) is 4.31 Å². The highest BCUT2D eigenvalue weighted by Gasteiger charge is 2.21. The summed E-state index contributed by atoms with van der Waals surface area (Å²) in [6, 6.07) is 11.9. The highest BCUT2D eigenvalue weighted by atomic mass is 32.2. The Labute approximate surface area is 164 Å². The molecule has 0 aromatic heterocycles. The van der Waals surface area contributed by atoms with Crippen LogP contribution < -0.4 is 20.1 Å². The first kappa shape index (κ1) is 19.4. The van der Waals surface area contributed by atoms with E-state index in [9.17, 15) is 8.42 Å². The molecule has 2 aromatic carbocycles. The van der Waals surface area contributed by atoms with E-state index in [1.807, 2.05) is 19.9 Å². The highest BCUT2D eigenvalue weighted by molar-refractivity contribution is 7.89. The molecule has 1 heterocycles. The number of fused-ring (bicyclic) bond motifs is 1. The summed E-state index contributed by atoms with van der Waals surface area (Å²) in [7, 11) is -3.47. The van der Waals surface area contributed by atoms with Gasteiger partial charge in [0.25, 0.3) is 0 Å². The Morgan fingerprint density at radius 2 is 1.59 bits per heavy atom. The number of anilines is 2. The average Bonchev–Trinajstić information content (AvgIpc) is 3.10. The molecule has 27 heavy (non-hydrogen) atoms. The van der Waals surface area contributed by atoms with E-state index in [2.05, 4.69) is 10.6 Å². The zero-order chi connectivity index (χ0) is 19.4. The second-order valence-electron chi connectivity index (χ2n) is 5.76. The lowest BCUT2D eigenvalue weighted by Gasteiger charge is -2.18. The molecule has 2 N–H and O–H groups in total. The van der Waals surface area contributed by atoms with Crippen LogP contribution in [0.5, 0.6) is 11.5 Å². The molecule has 0 aliphatic carbocycles. The number of benzene rings is 2. The predicted octanol–water partition coefficient (Wildman–Crippen LogP) is 3.25. The molecule has 0 amide bonds. The van der Waals surface area contributed by atoms with Gasteiger partial charge >= 0.3 is 0 Å². The van der Waals surface area contributed by atoms with E-state index in [0.29, 0.717) is 35.4 Å². The Hall–Kier alpha value is -2.36. The van der Waals surface area contributed by atoms with Crippen LogP contribution in [-0.4, -0.2) is 37.7 Å². The Balaban J connectivity index is 1.65. The summed E-state index contributed by atoms with van der Waals surface area (Å²) in [6.07, 6.45) is 0. The average molecular weight is 408 g/mol. The van der Waals surface area contributed by atoms with Crippen molar-refractivity contribution in [3.63, 3.8) is 0 Å². The molecule has 0 spiro atoms. The van der Waals surface area contributed by atoms with Crippen LogP contribution in [0.2, 0.25) is 0 Å². The van der Waals surface area contributed by atoms with Crippen molar-refractivity contribution >= 4 is 38.7 Å². The Bertz CT molecular complexity index is 926. The summed E-state index contributed by atoms with van der Waals surface area (Å²) in [4.78, 5) is 0.256. The largest absolute Gasteiger partial charge is 0.454 e. The maximum Gasteiger partial charge on any atom is 0.243 e. The van der Waals surface area contributed by atoms with E-state index >= 15 is 0 Å². The van der Waals surface area contributed by atoms with Crippen LogP contribution in [0.15, 0.2) is 47.4 Å². The van der Waals surface area contributed by atoms with Gasteiger partial charge in [0.05, 0.1) is 4.90 Å². The van der Waals surface area contributed by atoms with Crippen LogP contribution in [-0.2, 0) is 10.0 Å². The maximum atomic E-state index is 12.5. The maximum absolute atomic E-state index is 12.5. The first-order valence-corrected chi connectivity index (χ1v) is 10.4. The van der Waals surface area contributed by atoms with Crippen molar-refractivity contribution in [3.8, 4) is 11.5 Å². The number of thiocarbonyl (C=S) groups is 1. The number of hydrogen-bond acceptors (Lipinski definition) is 5. The minimum absolute atomic E-state index is 0.213. The van der Waals surface area contributed by atoms with Crippen molar-refractivity contribution in [1.82, 2.24) is 4.31 Å². The molecule has 0 unspecified atom stereocenters. The number of rotatable bonds is 6. The lowest BCUT2D eigenvalue weighted by molar-refractivity contribution is 0.174. The van der Waals surface area contributed by atoms with Gasteiger partial charge in [0.2, 0.25) is 16.8 Å². The van der Waals surface area contributed by atoms with Gasteiger partial charge in [-0.1, -0.05) is 13.8 Å². The smallest absolute Gasteiger partial charge is 0.243 e. The Morgan fingerprint density at radius 3 is 2.26 bits per heavy atom. The van der Waals surface area contributed by atoms with Crippen LogP contribution in [0.4, 0.5) is 11.4 Å². The summed E-state index contributed by atoms with van der Waals surface area (Å²) < 4.78 is 37.0. The van der Waals surface area contributed by atoms with Crippen LogP contribution >= 0.6 is 12.2 Å². The lowest BCUT2D eigenvalue weighted by atomic mass is 10.3. The van der Waals surface area contributed by atoms with Gasteiger partial charge in [0.1, 0.15) is 0 Å². The molecule has 3 rings (SSSR count). The molecule has 2 aromatic rings. The monoisotopic (exact) mass is 407 g/mol. The first-order chi connectivity index (χ1) is 12.9. The summed E-state index contributed by atoms with van der Waals surface area (Å²) in [5.41, 5.74) is 1.45. The SMILES string of the molecule is CCN(CC)S(=O)(=O)c1ccc(NC(=S)Nc2ccc3c(c2)OCO3)cc1.